The lowest BCUT2D eigenvalue weighted by atomic mass is 10.1. The van der Waals surface area contributed by atoms with Crippen molar-refractivity contribution in [2.45, 2.75) is 19.9 Å². The van der Waals surface area contributed by atoms with E-state index in [9.17, 15) is 14.4 Å². The summed E-state index contributed by atoms with van der Waals surface area (Å²) in [5, 5.41) is 0. The summed E-state index contributed by atoms with van der Waals surface area (Å²) in [6, 6.07) is 9.98. The lowest BCUT2D eigenvalue weighted by molar-refractivity contribution is -0.153. The third kappa shape index (κ3) is 5.77. The van der Waals surface area contributed by atoms with Crippen LogP contribution in [0, 0.1) is 0 Å². The summed E-state index contributed by atoms with van der Waals surface area (Å²) in [5.74, 6) is 0.111. The van der Waals surface area contributed by atoms with Crippen LogP contribution in [0.1, 0.15) is 29.5 Å². The van der Waals surface area contributed by atoms with Gasteiger partial charge in [0.15, 0.2) is 19.0 Å². The molecule has 2 rings (SSSR count). The number of benzene rings is 1. The molecule has 7 heteroatoms. The van der Waals surface area contributed by atoms with Crippen LogP contribution in [0.5, 0.6) is 5.75 Å². The first-order valence-corrected chi connectivity index (χ1v) is 8.17. The number of Topliss-reactive ketones (excluding diaryl/α,β-unsaturated/α-hetero) is 1. The molecule has 1 heterocycles. The molecule has 0 radical (unpaired) electrons. The Morgan fingerprint density at radius 3 is 2.42 bits per heavy atom. The lowest BCUT2D eigenvalue weighted by Gasteiger charge is -2.15. The molecule has 0 aliphatic heterocycles. The Morgan fingerprint density at radius 2 is 1.81 bits per heavy atom. The van der Waals surface area contributed by atoms with Crippen LogP contribution in [-0.2, 0) is 20.9 Å². The molecular weight excluding hydrogens is 338 g/mol. The number of carbonyl (C=O) groups excluding carboxylic acids is 3. The Labute approximate surface area is 151 Å². The summed E-state index contributed by atoms with van der Waals surface area (Å²) in [5.41, 5.74) is 0.590. The molecule has 0 N–H and O–H groups in total. The van der Waals surface area contributed by atoms with Gasteiger partial charge in [-0.1, -0.05) is 6.92 Å². The highest BCUT2D eigenvalue weighted by Gasteiger charge is 2.14. The fraction of sp³-hybridized carbons (Fsp3) is 0.316. The molecule has 0 atom stereocenters. The first-order chi connectivity index (χ1) is 12.5. The second-order valence-electron chi connectivity index (χ2n) is 5.58. The summed E-state index contributed by atoms with van der Waals surface area (Å²) in [6.07, 6.45) is 1.95. The van der Waals surface area contributed by atoms with Crippen molar-refractivity contribution in [3.8, 4) is 5.75 Å². The number of carbonyl (C=O) groups is 3. The molecule has 0 saturated carbocycles. The number of furan rings is 1. The van der Waals surface area contributed by atoms with E-state index in [0.29, 0.717) is 30.0 Å². The smallest absolute Gasteiger partial charge is 0.344 e. The standard InChI is InChI=1S/C19H21NO6/c1-3-17(21)14-6-8-15(9-7-14)25-13-19(23)26-12-18(22)20(2)11-16-5-4-10-24-16/h4-10H,3,11-13H2,1-2H3. The molecule has 0 saturated heterocycles. The molecule has 0 unspecified atom stereocenters. The number of rotatable bonds is 9. The SMILES string of the molecule is CCC(=O)c1ccc(OCC(=O)OCC(=O)N(C)Cc2ccco2)cc1. The van der Waals surface area contributed by atoms with E-state index in [2.05, 4.69) is 0 Å². The van der Waals surface area contributed by atoms with Crippen LogP contribution in [0.4, 0.5) is 0 Å². The van der Waals surface area contributed by atoms with Gasteiger partial charge in [0.05, 0.1) is 12.8 Å². The van der Waals surface area contributed by atoms with Crippen LogP contribution in [0.2, 0.25) is 0 Å². The number of hydrogen-bond donors (Lipinski definition) is 0. The van der Waals surface area contributed by atoms with Crippen LogP contribution >= 0.6 is 0 Å². The van der Waals surface area contributed by atoms with Crippen molar-refractivity contribution >= 4 is 17.7 Å². The maximum atomic E-state index is 11.9. The quantitative estimate of drug-likeness (QED) is 0.505. The number of ether oxygens (including phenoxy) is 2. The van der Waals surface area contributed by atoms with Gasteiger partial charge in [-0.15, -0.1) is 0 Å². The van der Waals surface area contributed by atoms with Crippen molar-refractivity contribution < 1.29 is 28.3 Å². The van der Waals surface area contributed by atoms with Crippen molar-refractivity contribution in [1.82, 2.24) is 4.90 Å². The fourth-order valence-corrected chi connectivity index (χ4v) is 2.10. The summed E-state index contributed by atoms with van der Waals surface area (Å²) in [6.45, 7) is 1.39. The molecule has 0 fully saturated rings. The maximum Gasteiger partial charge on any atom is 0.344 e. The van der Waals surface area contributed by atoms with Crippen molar-refractivity contribution in [2.75, 3.05) is 20.3 Å². The second kappa shape index (κ2) is 9.41. The number of likely N-dealkylation sites (N-methyl/N-ethyl adjacent to an activating group) is 1. The zero-order valence-corrected chi connectivity index (χ0v) is 14.8. The van der Waals surface area contributed by atoms with Gasteiger partial charge in [0, 0.05) is 19.0 Å². The minimum absolute atomic E-state index is 0.0353. The van der Waals surface area contributed by atoms with Crippen molar-refractivity contribution in [1.29, 1.82) is 0 Å². The highest BCUT2D eigenvalue weighted by atomic mass is 16.6. The van der Waals surface area contributed by atoms with Gasteiger partial charge in [-0.3, -0.25) is 9.59 Å². The molecule has 138 valence electrons. The molecular formula is C19H21NO6. The lowest BCUT2D eigenvalue weighted by Crippen LogP contribution is -2.31. The molecule has 0 spiro atoms. The molecule has 1 amide bonds. The normalized spacial score (nSPS) is 10.2. The fourth-order valence-electron chi connectivity index (χ4n) is 2.10. The van der Waals surface area contributed by atoms with Gasteiger partial charge in [0.2, 0.25) is 0 Å². The third-order valence-electron chi connectivity index (χ3n) is 3.61. The Morgan fingerprint density at radius 1 is 1.08 bits per heavy atom. The molecule has 0 aliphatic carbocycles. The van der Waals surface area contributed by atoms with E-state index in [1.807, 2.05) is 0 Å². The van der Waals surface area contributed by atoms with Crippen molar-refractivity contribution in [2.24, 2.45) is 0 Å². The van der Waals surface area contributed by atoms with Crippen molar-refractivity contribution in [3.63, 3.8) is 0 Å². The summed E-state index contributed by atoms with van der Waals surface area (Å²) >= 11 is 0. The van der Waals surface area contributed by atoms with Gasteiger partial charge in [0.1, 0.15) is 11.5 Å². The van der Waals surface area contributed by atoms with Crippen LogP contribution < -0.4 is 4.74 Å². The Bertz CT molecular complexity index is 736. The summed E-state index contributed by atoms with van der Waals surface area (Å²) in [7, 11) is 1.59. The van der Waals surface area contributed by atoms with Gasteiger partial charge in [-0.05, 0) is 36.4 Å². The average Bonchev–Trinajstić information content (AvgIpc) is 3.17. The van der Waals surface area contributed by atoms with Gasteiger partial charge >= 0.3 is 5.97 Å². The van der Waals surface area contributed by atoms with E-state index in [1.54, 1.807) is 50.4 Å². The Balaban J connectivity index is 1.71. The van der Waals surface area contributed by atoms with Crippen LogP contribution in [-0.4, -0.2) is 42.8 Å². The van der Waals surface area contributed by atoms with E-state index >= 15 is 0 Å². The highest BCUT2D eigenvalue weighted by Crippen LogP contribution is 2.13. The van der Waals surface area contributed by atoms with Crippen LogP contribution in [0.25, 0.3) is 0 Å². The highest BCUT2D eigenvalue weighted by molar-refractivity contribution is 5.95. The molecule has 0 bridgehead atoms. The zero-order valence-electron chi connectivity index (χ0n) is 14.8. The van der Waals surface area contributed by atoms with Crippen LogP contribution in [0.15, 0.2) is 47.1 Å². The second-order valence-corrected chi connectivity index (χ2v) is 5.58. The molecule has 0 aliphatic rings. The van der Waals surface area contributed by atoms with Crippen molar-refractivity contribution in [3.05, 3.63) is 54.0 Å². The monoisotopic (exact) mass is 359 g/mol. The maximum absolute atomic E-state index is 11.9. The van der Waals surface area contributed by atoms with E-state index in [0.717, 1.165) is 0 Å². The first-order valence-electron chi connectivity index (χ1n) is 8.17. The van der Waals surface area contributed by atoms with Gasteiger partial charge in [-0.2, -0.15) is 0 Å². The topological polar surface area (TPSA) is 86.1 Å². The Hall–Kier alpha value is -3.09. The van der Waals surface area contributed by atoms with E-state index in [4.69, 9.17) is 13.9 Å². The molecule has 1 aromatic heterocycles. The van der Waals surface area contributed by atoms with Gasteiger partial charge in [0.25, 0.3) is 5.91 Å². The zero-order chi connectivity index (χ0) is 18.9. The Kier molecular flexibility index (Phi) is 6.96. The number of amides is 1. The van der Waals surface area contributed by atoms with E-state index in [-0.39, 0.29) is 24.9 Å². The minimum Gasteiger partial charge on any atom is -0.482 e. The largest absolute Gasteiger partial charge is 0.482 e. The number of hydrogen-bond acceptors (Lipinski definition) is 6. The average molecular weight is 359 g/mol. The van der Waals surface area contributed by atoms with Gasteiger partial charge < -0.3 is 18.8 Å². The number of ketones is 1. The molecule has 26 heavy (non-hydrogen) atoms. The van der Waals surface area contributed by atoms with E-state index in [1.165, 1.54) is 11.2 Å². The first kappa shape index (κ1) is 19.2. The molecule has 7 nitrogen and oxygen atoms in total. The van der Waals surface area contributed by atoms with Crippen LogP contribution in [0.3, 0.4) is 0 Å². The predicted octanol–water partition coefficient (Wildman–Crippen LogP) is 2.45. The molecule has 2 aromatic rings. The summed E-state index contributed by atoms with van der Waals surface area (Å²) in [4.78, 5) is 36.5. The number of nitrogens with zero attached hydrogens (tertiary/aromatic N) is 1. The minimum atomic E-state index is -0.654. The number of esters is 1. The predicted molar refractivity (Wildman–Crippen MR) is 92.7 cm³/mol. The van der Waals surface area contributed by atoms with E-state index < -0.39 is 5.97 Å². The molecule has 1 aromatic carbocycles. The summed E-state index contributed by atoms with van der Waals surface area (Å²) < 4.78 is 15.3. The van der Waals surface area contributed by atoms with Gasteiger partial charge in [-0.25, -0.2) is 4.79 Å². The third-order valence-corrected chi connectivity index (χ3v) is 3.61.